The van der Waals surface area contributed by atoms with Crippen molar-refractivity contribution in [3.63, 3.8) is 0 Å². The highest BCUT2D eigenvalue weighted by atomic mass is 35.5. The van der Waals surface area contributed by atoms with Gasteiger partial charge in [-0.15, -0.1) is 0 Å². The van der Waals surface area contributed by atoms with Gasteiger partial charge in [-0.3, -0.25) is 14.4 Å². The summed E-state index contributed by atoms with van der Waals surface area (Å²) in [6, 6.07) is 7.53. The van der Waals surface area contributed by atoms with Crippen LogP contribution in [0.3, 0.4) is 0 Å². The fraction of sp³-hybridized carbons (Fsp3) is 0.526. The van der Waals surface area contributed by atoms with Crippen LogP contribution < -0.4 is 0 Å². The molecule has 7 heteroatoms. The molecule has 140 valence electrons. The molecule has 3 unspecified atom stereocenters. The lowest BCUT2D eigenvalue weighted by molar-refractivity contribution is -0.147. The number of rotatable bonds is 5. The molecule has 1 aromatic carbocycles. The smallest absolute Gasteiger partial charge is 0.308 e. The van der Waals surface area contributed by atoms with Gasteiger partial charge in [0.2, 0.25) is 11.8 Å². The van der Waals surface area contributed by atoms with Crippen molar-refractivity contribution in [3.8, 4) is 0 Å². The Morgan fingerprint density at radius 1 is 1.35 bits per heavy atom. The lowest BCUT2D eigenvalue weighted by atomic mass is 9.98. The van der Waals surface area contributed by atoms with Crippen LogP contribution in [0.25, 0.3) is 0 Å². The number of halogens is 1. The van der Waals surface area contributed by atoms with Gasteiger partial charge < -0.3 is 14.9 Å². The van der Waals surface area contributed by atoms with Gasteiger partial charge in [0.1, 0.15) is 0 Å². The number of hydrogen-bond acceptors (Lipinski definition) is 3. The second-order valence-corrected chi connectivity index (χ2v) is 7.65. The van der Waals surface area contributed by atoms with Crippen LogP contribution in [0.4, 0.5) is 0 Å². The quantitative estimate of drug-likeness (QED) is 0.852. The minimum absolute atomic E-state index is 0.00998. The van der Waals surface area contributed by atoms with E-state index in [1.165, 1.54) is 4.90 Å². The Morgan fingerprint density at radius 2 is 2.12 bits per heavy atom. The summed E-state index contributed by atoms with van der Waals surface area (Å²) in [6.45, 7) is 0.772. The van der Waals surface area contributed by atoms with E-state index in [2.05, 4.69) is 0 Å². The number of aliphatic carboxylic acids is 1. The zero-order valence-corrected chi connectivity index (χ0v) is 15.5. The molecule has 0 spiro atoms. The summed E-state index contributed by atoms with van der Waals surface area (Å²) in [5.41, 5.74) is 1.05. The van der Waals surface area contributed by atoms with E-state index in [0.29, 0.717) is 24.4 Å². The number of carbonyl (C=O) groups is 3. The van der Waals surface area contributed by atoms with Gasteiger partial charge in [0.05, 0.1) is 12.5 Å². The maximum Gasteiger partial charge on any atom is 0.308 e. The number of amides is 2. The summed E-state index contributed by atoms with van der Waals surface area (Å²) < 4.78 is 0. The highest BCUT2D eigenvalue weighted by molar-refractivity contribution is 6.30. The first-order chi connectivity index (χ1) is 12.4. The van der Waals surface area contributed by atoms with Crippen molar-refractivity contribution in [2.45, 2.75) is 25.2 Å². The normalized spacial score (nSPS) is 24.8. The van der Waals surface area contributed by atoms with Gasteiger partial charge in [-0.25, -0.2) is 0 Å². The maximum absolute atomic E-state index is 12.6. The SMILES string of the molecule is CN(CC(=O)N1CCCC(C(=O)O)C1)C(=O)C1CC1c1cccc(Cl)c1. The minimum atomic E-state index is -0.866. The molecule has 2 fully saturated rings. The topological polar surface area (TPSA) is 77.9 Å². The van der Waals surface area contributed by atoms with Crippen molar-refractivity contribution in [2.24, 2.45) is 11.8 Å². The van der Waals surface area contributed by atoms with Gasteiger partial charge in [-0.1, -0.05) is 23.7 Å². The summed E-state index contributed by atoms with van der Waals surface area (Å²) in [7, 11) is 1.63. The first-order valence-corrected chi connectivity index (χ1v) is 9.25. The van der Waals surface area contributed by atoms with E-state index in [0.717, 1.165) is 12.0 Å². The van der Waals surface area contributed by atoms with E-state index in [1.54, 1.807) is 18.0 Å². The molecule has 1 N–H and O–H groups in total. The van der Waals surface area contributed by atoms with Crippen LogP contribution in [0.2, 0.25) is 5.02 Å². The molecule has 1 saturated carbocycles. The fourth-order valence-corrected chi connectivity index (χ4v) is 3.84. The molecule has 6 nitrogen and oxygen atoms in total. The van der Waals surface area contributed by atoms with Crippen molar-refractivity contribution >= 4 is 29.4 Å². The average molecular weight is 379 g/mol. The van der Waals surface area contributed by atoms with E-state index < -0.39 is 11.9 Å². The second-order valence-electron chi connectivity index (χ2n) is 7.22. The standard InChI is InChI=1S/C19H23ClN2O4/c1-21(11-17(23)22-7-3-5-13(10-22)19(25)26)18(24)16-9-15(16)12-4-2-6-14(20)8-12/h2,4,6,8,13,15-16H,3,5,7,9-11H2,1H3,(H,25,26). The van der Waals surface area contributed by atoms with E-state index >= 15 is 0 Å². The third-order valence-electron chi connectivity index (χ3n) is 5.26. The minimum Gasteiger partial charge on any atom is -0.481 e. The van der Waals surface area contributed by atoms with Gasteiger partial charge in [0, 0.05) is 31.1 Å². The number of likely N-dealkylation sites (N-methyl/N-ethyl adjacent to an activating group) is 1. The molecule has 1 aliphatic carbocycles. The Kier molecular flexibility index (Phi) is 5.51. The molecule has 1 heterocycles. The van der Waals surface area contributed by atoms with Crippen molar-refractivity contribution in [1.82, 2.24) is 9.80 Å². The van der Waals surface area contributed by atoms with Gasteiger partial charge in [0.25, 0.3) is 0 Å². The van der Waals surface area contributed by atoms with Gasteiger partial charge in [-0.2, -0.15) is 0 Å². The Hall–Kier alpha value is -2.08. The zero-order valence-electron chi connectivity index (χ0n) is 14.7. The van der Waals surface area contributed by atoms with Crippen LogP contribution in [-0.2, 0) is 14.4 Å². The monoisotopic (exact) mass is 378 g/mol. The zero-order chi connectivity index (χ0) is 18.8. The molecular weight excluding hydrogens is 356 g/mol. The molecule has 1 aliphatic heterocycles. The van der Waals surface area contributed by atoms with E-state index in [9.17, 15) is 14.4 Å². The van der Waals surface area contributed by atoms with Gasteiger partial charge >= 0.3 is 5.97 Å². The number of carboxylic acids is 1. The summed E-state index contributed by atoms with van der Waals surface area (Å²) in [4.78, 5) is 39.2. The maximum atomic E-state index is 12.6. The lowest BCUT2D eigenvalue weighted by Crippen LogP contribution is -2.47. The number of carboxylic acid groups (broad SMARTS) is 1. The van der Waals surface area contributed by atoms with Crippen LogP contribution in [0, 0.1) is 11.8 Å². The molecule has 3 rings (SSSR count). The number of hydrogen-bond donors (Lipinski definition) is 1. The molecule has 0 bridgehead atoms. The van der Waals surface area contributed by atoms with E-state index in [1.807, 2.05) is 18.2 Å². The summed E-state index contributed by atoms with van der Waals surface area (Å²) in [6.07, 6.45) is 2.04. The van der Waals surface area contributed by atoms with Gasteiger partial charge in [0.15, 0.2) is 0 Å². The van der Waals surface area contributed by atoms with Crippen molar-refractivity contribution in [3.05, 3.63) is 34.9 Å². The van der Waals surface area contributed by atoms with E-state index in [-0.39, 0.29) is 36.7 Å². The number of likely N-dealkylation sites (tertiary alicyclic amines) is 1. The van der Waals surface area contributed by atoms with Crippen LogP contribution in [-0.4, -0.2) is 59.4 Å². The average Bonchev–Trinajstić information content (AvgIpc) is 3.41. The number of piperidine rings is 1. The summed E-state index contributed by atoms with van der Waals surface area (Å²) in [5.74, 6) is -1.56. The lowest BCUT2D eigenvalue weighted by Gasteiger charge is -2.32. The predicted molar refractivity (Wildman–Crippen MR) is 96.9 cm³/mol. The van der Waals surface area contributed by atoms with Crippen LogP contribution in [0.15, 0.2) is 24.3 Å². The van der Waals surface area contributed by atoms with Crippen molar-refractivity contribution in [1.29, 1.82) is 0 Å². The molecule has 2 aliphatic rings. The molecule has 3 atom stereocenters. The third-order valence-corrected chi connectivity index (χ3v) is 5.49. The highest BCUT2D eigenvalue weighted by Crippen LogP contribution is 2.48. The first-order valence-electron chi connectivity index (χ1n) is 8.88. The Labute approximate surface area is 157 Å². The van der Waals surface area contributed by atoms with E-state index in [4.69, 9.17) is 16.7 Å². The molecular formula is C19H23ClN2O4. The Bertz CT molecular complexity index is 723. The largest absolute Gasteiger partial charge is 0.481 e. The first kappa shape index (κ1) is 18.7. The molecule has 2 amide bonds. The van der Waals surface area contributed by atoms with Crippen LogP contribution in [0.1, 0.15) is 30.7 Å². The van der Waals surface area contributed by atoms with Crippen LogP contribution >= 0.6 is 11.6 Å². The molecule has 0 radical (unpaired) electrons. The molecule has 1 saturated heterocycles. The molecule has 1 aromatic rings. The molecule has 26 heavy (non-hydrogen) atoms. The Morgan fingerprint density at radius 3 is 2.81 bits per heavy atom. The molecule has 0 aromatic heterocycles. The second kappa shape index (κ2) is 7.66. The number of carbonyl (C=O) groups excluding carboxylic acids is 2. The Balaban J connectivity index is 1.53. The number of nitrogens with zero attached hydrogens (tertiary/aromatic N) is 2. The predicted octanol–water partition coefficient (Wildman–Crippen LogP) is 2.23. The third kappa shape index (κ3) is 4.18. The van der Waals surface area contributed by atoms with Gasteiger partial charge in [-0.05, 0) is 42.9 Å². The highest BCUT2D eigenvalue weighted by Gasteiger charge is 2.45. The fourth-order valence-electron chi connectivity index (χ4n) is 3.64. The summed E-state index contributed by atoms with van der Waals surface area (Å²) >= 11 is 6.01. The number of benzene rings is 1. The van der Waals surface area contributed by atoms with Crippen molar-refractivity contribution in [2.75, 3.05) is 26.7 Å². The van der Waals surface area contributed by atoms with Crippen LogP contribution in [0.5, 0.6) is 0 Å². The summed E-state index contributed by atoms with van der Waals surface area (Å²) in [5, 5.41) is 9.79. The van der Waals surface area contributed by atoms with Crippen molar-refractivity contribution < 1.29 is 19.5 Å².